The number of carbonyl (C=O) groups is 2. The molecule has 41 heavy (non-hydrogen) atoms. The van der Waals surface area contributed by atoms with E-state index in [1.165, 1.54) is 11.8 Å². The topological polar surface area (TPSA) is 137 Å². The van der Waals surface area contributed by atoms with Gasteiger partial charge in [0, 0.05) is 37.5 Å². The van der Waals surface area contributed by atoms with E-state index >= 15 is 0 Å². The predicted octanol–water partition coefficient (Wildman–Crippen LogP) is 4.22. The molecule has 0 aliphatic carbocycles. The van der Waals surface area contributed by atoms with Crippen LogP contribution in [0.4, 0.5) is 10.6 Å². The van der Waals surface area contributed by atoms with Crippen LogP contribution >= 0.6 is 11.8 Å². The minimum Gasteiger partial charge on any atom is -0.465 e. The number of benzene rings is 1. The molecule has 1 aromatic carbocycles. The predicted molar refractivity (Wildman–Crippen MR) is 160 cm³/mol. The Morgan fingerprint density at radius 2 is 1.73 bits per heavy atom. The van der Waals surface area contributed by atoms with Crippen molar-refractivity contribution in [3.05, 3.63) is 52.1 Å². The molecule has 0 bridgehead atoms. The van der Waals surface area contributed by atoms with Gasteiger partial charge in [0.2, 0.25) is 5.91 Å². The van der Waals surface area contributed by atoms with Crippen LogP contribution in [0.2, 0.25) is 0 Å². The third kappa shape index (κ3) is 8.35. The highest BCUT2D eigenvalue weighted by atomic mass is 32.2. The summed E-state index contributed by atoms with van der Waals surface area (Å²) >= 11 is 1.48. The van der Waals surface area contributed by atoms with Gasteiger partial charge in [-0.3, -0.25) is 9.69 Å². The lowest BCUT2D eigenvalue weighted by molar-refractivity contribution is -0.123. The van der Waals surface area contributed by atoms with Crippen molar-refractivity contribution >= 4 is 29.6 Å². The van der Waals surface area contributed by atoms with Gasteiger partial charge < -0.3 is 20.2 Å². The first kappa shape index (κ1) is 31.7. The number of anilines is 1. The first-order chi connectivity index (χ1) is 19.5. The zero-order valence-electron chi connectivity index (χ0n) is 24.5. The van der Waals surface area contributed by atoms with E-state index in [0.717, 1.165) is 54.2 Å². The van der Waals surface area contributed by atoms with Gasteiger partial charge in [0.25, 0.3) is 0 Å². The largest absolute Gasteiger partial charge is 0.465 e. The molecule has 10 nitrogen and oxygen atoms in total. The van der Waals surface area contributed by atoms with Crippen LogP contribution in [0.1, 0.15) is 61.9 Å². The normalized spacial score (nSPS) is 14.1. The maximum absolute atomic E-state index is 12.4. The number of nitrogens with zero attached hydrogens (tertiary/aromatic N) is 6. The summed E-state index contributed by atoms with van der Waals surface area (Å²) in [6.07, 6.45) is 0.417. The molecule has 0 atom stereocenters. The summed E-state index contributed by atoms with van der Waals surface area (Å²) in [5.41, 5.74) is 2.95. The number of nitriles is 2. The number of thioether (sulfide) groups is 1. The van der Waals surface area contributed by atoms with Crippen LogP contribution in [-0.2, 0) is 23.5 Å². The standard InChI is InChI=1S/C30H39N7O3S/c1-6-23-24(16-31)27(36-13-7-12-35(5)14-15-36)34-28(25(23)17-32)41-20-22-10-8-21(9-11-22)18-33-26(38)19-37(29(39)40)30(2,3)4/h8-11H,6-7,12-15,18-20H2,1-5H3,(H,33,38)(H,39,40). The highest BCUT2D eigenvalue weighted by molar-refractivity contribution is 7.98. The van der Waals surface area contributed by atoms with Gasteiger partial charge in [-0.25, -0.2) is 9.78 Å². The molecule has 1 saturated heterocycles. The van der Waals surface area contributed by atoms with Gasteiger partial charge in [-0.2, -0.15) is 10.5 Å². The van der Waals surface area contributed by atoms with Gasteiger partial charge in [-0.1, -0.05) is 31.2 Å². The Labute approximate surface area is 246 Å². The zero-order chi connectivity index (χ0) is 30.2. The quantitative estimate of drug-likeness (QED) is 0.420. The van der Waals surface area contributed by atoms with E-state index in [0.29, 0.717) is 34.1 Å². The first-order valence-electron chi connectivity index (χ1n) is 13.8. The summed E-state index contributed by atoms with van der Waals surface area (Å²) < 4.78 is 0. The summed E-state index contributed by atoms with van der Waals surface area (Å²) in [4.78, 5) is 34.3. The fourth-order valence-electron chi connectivity index (χ4n) is 4.67. The molecular formula is C30H39N7O3S. The van der Waals surface area contributed by atoms with Gasteiger partial charge in [0.15, 0.2) is 0 Å². The summed E-state index contributed by atoms with van der Waals surface area (Å²) in [6.45, 7) is 10.7. The van der Waals surface area contributed by atoms with E-state index in [1.54, 1.807) is 20.8 Å². The van der Waals surface area contributed by atoms with E-state index in [4.69, 9.17) is 4.98 Å². The Hall–Kier alpha value is -3.80. The minimum atomic E-state index is -1.14. The molecule has 2 aromatic rings. The molecule has 0 radical (unpaired) electrons. The fraction of sp³-hybridized carbons (Fsp3) is 0.500. The molecule has 0 spiro atoms. The second-order valence-corrected chi connectivity index (χ2v) is 12.1. The van der Waals surface area contributed by atoms with Crippen LogP contribution in [0.3, 0.4) is 0 Å². The maximum atomic E-state index is 12.4. The molecule has 11 heteroatoms. The highest BCUT2D eigenvalue weighted by Crippen LogP contribution is 2.33. The number of hydrogen-bond acceptors (Lipinski definition) is 8. The van der Waals surface area contributed by atoms with E-state index in [2.05, 4.69) is 34.3 Å². The van der Waals surface area contributed by atoms with Crippen LogP contribution in [0, 0.1) is 22.7 Å². The van der Waals surface area contributed by atoms with Crippen molar-refractivity contribution in [1.29, 1.82) is 10.5 Å². The van der Waals surface area contributed by atoms with Gasteiger partial charge in [-0.15, -0.1) is 11.8 Å². The Morgan fingerprint density at radius 1 is 1.07 bits per heavy atom. The molecule has 1 aromatic heterocycles. The van der Waals surface area contributed by atoms with Crippen molar-refractivity contribution in [3.8, 4) is 12.1 Å². The molecule has 3 rings (SSSR count). The average molecular weight is 578 g/mol. The zero-order valence-corrected chi connectivity index (χ0v) is 25.3. The lowest BCUT2D eigenvalue weighted by atomic mass is 10.0. The summed E-state index contributed by atoms with van der Waals surface area (Å²) in [5.74, 6) is 0.890. The number of nitrogens with one attached hydrogen (secondary N) is 1. The molecule has 2 amide bonds. The Kier molecular flexibility index (Phi) is 11.0. The molecular weight excluding hydrogens is 538 g/mol. The van der Waals surface area contributed by atoms with Gasteiger partial charge in [0.1, 0.15) is 29.5 Å². The van der Waals surface area contributed by atoms with Crippen molar-refractivity contribution in [2.24, 2.45) is 0 Å². The smallest absolute Gasteiger partial charge is 0.408 e. The van der Waals surface area contributed by atoms with E-state index in [9.17, 15) is 25.2 Å². The van der Waals surface area contributed by atoms with Crippen molar-refractivity contribution < 1.29 is 14.7 Å². The Morgan fingerprint density at radius 3 is 2.32 bits per heavy atom. The molecule has 2 heterocycles. The van der Waals surface area contributed by atoms with Crippen molar-refractivity contribution in [1.82, 2.24) is 20.1 Å². The maximum Gasteiger partial charge on any atom is 0.408 e. The van der Waals surface area contributed by atoms with Crippen molar-refractivity contribution in [2.75, 3.05) is 44.7 Å². The number of likely N-dealkylation sites (N-methyl/N-ethyl adjacent to an activating group) is 1. The highest BCUT2D eigenvalue weighted by Gasteiger charge is 2.28. The third-order valence-corrected chi connectivity index (χ3v) is 8.12. The van der Waals surface area contributed by atoms with Gasteiger partial charge in [-0.05, 0) is 63.9 Å². The molecule has 1 aliphatic rings. The second-order valence-electron chi connectivity index (χ2n) is 11.1. The van der Waals surface area contributed by atoms with Crippen LogP contribution in [0.5, 0.6) is 0 Å². The van der Waals surface area contributed by atoms with E-state index < -0.39 is 11.6 Å². The number of hydrogen-bond donors (Lipinski definition) is 2. The summed E-state index contributed by atoms with van der Waals surface area (Å²) in [6, 6.07) is 12.4. The van der Waals surface area contributed by atoms with Gasteiger partial charge >= 0.3 is 6.09 Å². The molecule has 218 valence electrons. The number of aromatic nitrogens is 1. The van der Waals surface area contributed by atoms with Crippen LogP contribution in [0.25, 0.3) is 0 Å². The van der Waals surface area contributed by atoms with Gasteiger partial charge in [0.05, 0.1) is 11.1 Å². The lowest BCUT2D eigenvalue weighted by Gasteiger charge is -2.32. The van der Waals surface area contributed by atoms with Crippen LogP contribution < -0.4 is 10.2 Å². The third-order valence-electron chi connectivity index (χ3n) is 7.08. The Bertz CT molecular complexity index is 1330. The molecule has 0 unspecified atom stereocenters. The number of rotatable bonds is 9. The number of amides is 2. The molecule has 2 N–H and O–H groups in total. The summed E-state index contributed by atoms with van der Waals surface area (Å²) in [7, 11) is 2.10. The molecule has 1 aliphatic heterocycles. The lowest BCUT2D eigenvalue weighted by Crippen LogP contribution is -2.49. The van der Waals surface area contributed by atoms with E-state index in [-0.39, 0.29) is 19.0 Å². The Balaban J connectivity index is 1.71. The second kappa shape index (κ2) is 14.2. The van der Waals surface area contributed by atoms with Crippen molar-refractivity contribution in [3.63, 3.8) is 0 Å². The SMILES string of the molecule is CCc1c(C#N)c(SCc2ccc(CNC(=O)CN(C(=O)O)C(C)(C)C)cc2)nc(N2CCCN(C)CC2)c1C#N. The summed E-state index contributed by atoms with van der Waals surface area (Å²) in [5, 5.41) is 32.8. The number of carbonyl (C=O) groups excluding carboxylic acids is 1. The number of pyridine rings is 1. The number of carboxylic acid groups (broad SMARTS) is 1. The van der Waals surface area contributed by atoms with Crippen LogP contribution in [-0.4, -0.2) is 77.2 Å². The first-order valence-corrected chi connectivity index (χ1v) is 14.8. The fourth-order valence-corrected chi connectivity index (χ4v) is 5.63. The molecule has 1 fully saturated rings. The molecule has 0 saturated carbocycles. The van der Waals surface area contributed by atoms with Crippen LogP contribution in [0.15, 0.2) is 29.3 Å². The van der Waals surface area contributed by atoms with Crippen molar-refractivity contribution in [2.45, 2.75) is 63.4 Å². The minimum absolute atomic E-state index is 0.234. The monoisotopic (exact) mass is 577 g/mol. The van der Waals surface area contributed by atoms with E-state index in [1.807, 2.05) is 31.2 Å². The average Bonchev–Trinajstić information content (AvgIpc) is 3.16.